The summed E-state index contributed by atoms with van der Waals surface area (Å²) in [7, 11) is -3.43. The molecule has 4 rings (SSSR count). The fourth-order valence-corrected chi connectivity index (χ4v) is 6.04. The topological polar surface area (TPSA) is 80.2 Å². The highest BCUT2D eigenvalue weighted by Gasteiger charge is 2.31. The number of carbonyl (C=O) groups is 1. The molecule has 0 saturated carbocycles. The number of hydrogen-bond donors (Lipinski definition) is 2. The van der Waals surface area contributed by atoms with Crippen LogP contribution in [0.3, 0.4) is 0 Å². The highest BCUT2D eigenvalue weighted by Crippen LogP contribution is 2.29. The quantitative estimate of drug-likeness (QED) is 0.568. The Balaban J connectivity index is 1.32. The minimum Gasteiger partial charge on any atom is -0.455 e. The highest BCUT2D eigenvalue weighted by atomic mass is 32.2. The molecule has 2 aromatic carbocycles. The number of nitrogens with zero attached hydrogens (tertiary/aromatic N) is 1. The first kappa shape index (κ1) is 21.5. The van der Waals surface area contributed by atoms with Crippen LogP contribution in [-0.4, -0.2) is 51.4 Å². The molecule has 1 aliphatic rings. The van der Waals surface area contributed by atoms with Gasteiger partial charge in [0.2, 0.25) is 0 Å². The largest absolute Gasteiger partial charge is 0.455 e. The lowest BCUT2D eigenvalue weighted by Crippen LogP contribution is -3.15. The zero-order valence-electron chi connectivity index (χ0n) is 16.9. The number of ether oxygens (including phenoxy) is 1. The van der Waals surface area contributed by atoms with Crippen molar-refractivity contribution in [2.75, 3.05) is 38.0 Å². The van der Waals surface area contributed by atoms with Crippen LogP contribution in [0, 0.1) is 0 Å². The van der Waals surface area contributed by atoms with Crippen molar-refractivity contribution in [3.8, 4) is 11.5 Å². The zero-order valence-corrected chi connectivity index (χ0v) is 18.5. The van der Waals surface area contributed by atoms with Gasteiger partial charge in [0.1, 0.15) is 9.96 Å². The van der Waals surface area contributed by atoms with Crippen molar-refractivity contribution >= 4 is 33.0 Å². The smallest absolute Gasteiger partial charge is 0.279 e. The van der Waals surface area contributed by atoms with E-state index in [1.54, 1.807) is 23.6 Å². The maximum absolute atomic E-state index is 12.6. The van der Waals surface area contributed by atoms with E-state index in [0.29, 0.717) is 47.6 Å². The lowest BCUT2D eigenvalue weighted by Gasteiger charge is -2.30. The van der Waals surface area contributed by atoms with Crippen molar-refractivity contribution in [1.82, 2.24) is 4.31 Å². The Morgan fingerprint density at radius 3 is 2.42 bits per heavy atom. The summed E-state index contributed by atoms with van der Waals surface area (Å²) in [5, 5.41) is 4.69. The summed E-state index contributed by atoms with van der Waals surface area (Å²) in [6.45, 7) is 2.24. The van der Waals surface area contributed by atoms with E-state index in [-0.39, 0.29) is 12.5 Å². The Morgan fingerprint density at radius 1 is 1.00 bits per heavy atom. The van der Waals surface area contributed by atoms with Crippen molar-refractivity contribution in [3.63, 3.8) is 0 Å². The summed E-state index contributed by atoms with van der Waals surface area (Å²) in [6.07, 6.45) is 0. The predicted octanol–water partition coefficient (Wildman–Crippen LogP) is 2.07. The number of sulfonamides is 1. The molecule has 0 radical (unpaired) electrons. The Kier molecular flexibility index (Phi) is 6.67. The van der Waals surface area contributed by atoms with Gasteiger partial charge in [-0.15, -0.1) is 11.3 Å². The molecule has 31 heavy (non-hydrogen) atoms. The van der Waals surface area contributed by atoms with E-state index in [4.69, 9.17) is 4.74 Å². The number of quaternary nitrogens is 1. The Bertz CT molecular complexity index is 1110. The molecule has 2 heterocycles. The van der Waals surface area contributed by atoms with Crippen molar-refractivity contribution < 1.29 is 22.8 Å². The number of carbonyl (C=O) groups excluding carboxylic acids is 1. The highest BCUT2D eigenvalue weighted by molar-refractivity contribution is 7.91. The average Bonchev–Trinajstić information content (AvgIpc) is 3.32. The lowest BCUT2D eigenvalue weighted by atomic mass is 10.2. The molecule has 3 aromatic rings. The number of thiophene rings is 1. The third kappa shape index (κ3) is 5.31. The van der Waals surface area contributed by atoms with E-state index in [0.717, 1.165) is 4.90 Å². The Labute approximate surface area is 185 Å². The van der Waals surface area contributed by atoms with Crippen LogP contribution in [0.4, 0.5) is 5.69 Å². The second kappa shape index (κ2) is 9.61. The van der Waals surface area contributed by atoms with Crippen molar-refractivity contribution in [1.29, 1.82) is 0 Å². The second-order valence-corrected chi connectivity index (χ2v) is 10.3. The molecule has 7 nitrogen and oxygen atoms in total. The standard InChI is InChI=1S/C22H23N3O4S2/c26-21(23-19-9-4-5-10-20(19)29-18-7-2-1-3-8-18)17-24-12-14-25(15-13-24)31(27,28)22-11-6-16-30-22/h1-11,16H,12-15,17H2,(H,23,26)/p+1. The van der Waals surface area contributed by atoms with Gasteiger partial charge in [0, 0.05) is 0 Å². The summed E-state index contributed by atoms with van der Waals surface area (Å²) in [4.78, 5) is 13.7. The van der Waals surface area contributed by atoms with E-state index in [2.05, 4.69) is 5.32 Å². The van der Waals surface area contributed by atoms with Gasteiger partial charge in [-0.25, -0.2) is 8.42 Å². The van der Waals surface area contributed by atoms with Gasteiger partial charge in [0.25, 0.3) is 15.9 Å². The van der Waals surface area contributed by atoms with Crippen LogP contribution in [0.1, 0.15) is 0 Å². The fourth-order valence-electron chi connectivity index (χ4n) is 3.45. The average molecular weight is 459 g/mol. The molecule has 1 saturated heterocycles. The van der Waals surface area contributed by atoms with Gasteiger partial charge in [-0.2, -0.15) is 4.31 Å². The summed E-state index contributed by atoms with van der Waals surface area (Å²) < 4.78 is 33.0. The normalized spacial score (nSPS) is 15.5. The molecule has 9 heteroatoms. The van der Waals surface area contributed by atoms with E-state index in [1.807, 2.05) is 48.5 Å². The van der Waals surface area contributed by atoms with Gasteiger partial charge in [0.15, 0.2) is 12.3 Å². The van der Waals surface area contributed by atoms with Crippen molar-refractivity contribution in [2.24, 2.45) is 0 Å². The third-order valence-electron chi connectivity index (χ3n) is 5.06. The molecule has 1 fully saturated rings. The first-order valence-electron chi connectivity index (χ1n) is 10.0. The van der Waals surface area contributed by atoms with Crippen LogP contribution in [0.25, 0.3) is 0 Å². The second-order valence-electron chi connectivity index (χ2n) is 7.22. The van der Waals surface area contributed by atoms with Crippen LogP contribution >= 0.6 is 11.3 Å². The van der Waals surface area contributed by atoms with Crippen LogP contribution in [0.5, 0.6) is 11.5 Å². The number of nitrogens with one attached hydrogen (secondary N) is 2. The van der Waals surface area contributed by atoms with Gasteiger partial charge in [0.05, 0.1) is 31.9 Å². The fraction of sp³-hybridized carbons (Fsp3) is 0.227. The molecule has 0 atom stereocenters. The zero-order chi connectivity index (χ0) is 21.7. The van der Waals surface area contributed by atoms with Gasteiger partial charge in [-0.05, 0) is 35.7 Å². The van der Waals surface area contributed by atoms with Crippen LogP contribution in [0.15, 0.2) is 76.3 Å². The lowest BCUT2D eigenvalue weighted by molar-refractivity contribution is -0.895. The van der Waals surface area contributed by atoms with Gasteiger partial charge < -0.3 is 15.0 Å². The summed E-state index contributed by atoms with van der Waals surface area (Å²) in [5.41, 5.74) is 0.606. The monoisotopic (exact) mass is 458 g/mol. The van der Waals surface area contributed by atoms with E-state index >= 15 is 0 Å². The van der Waals surface area contributed by atoms with Crippen molar-refractivity contribution in [2.45, 2.75) is 4.21 Å². The van der Waals surface area contributed by atoms with Crippen LogP contribution < -0.4 is 15.0 Å². The molecule has 0 spiro atoms. The first-order valence-corrected chi connectivity index (χ1v) is 12.3. The number of benzene rings is 2. The SMILES string of the molecule is O=C(C[NH+]1CCN(S(=O)(=O)c2cccs2)CC1)Nc1ccccc1Oc1ccccc1. The number of anilines is 1. The molecule has 1 aliphatic heterocycles. The maximum atomic E-state index is 12.6. The molecule has 0 unspecified atom stereocenters. The molecular formula is C22H24N3O4S2+. The number of amides is 1. The summed E-state index contributed by atoms with van der Waals surface area (Å²) >= 11 is 1.23. The maximum Gasteiger partial charge on any atom is 0.279 e. The van der Waals surface area contributed by atoms with E-state index in [1.165, 1.54) is 15.6 Å². The summed E-state index contributed by atoms with van der Waals surface area (Å²) in [6, 6.07) is 20.1. The number of hydrogen-bond acceptors (Lipinski definition) is 5. The third-order valence-corrected chi connectivity index (χ3v) is 8.33. The van der Waals surface area contributed by atoms with Gasteiger partial charge in [-0.3, -0.25) is 4.79 Å². The summed E-state index contributed by atoms with van der Waals surface area (Å²) in [5.74, 6) is 1.13. The van der Waals surface area contributed by atoms with Gasteiger partial charge >= 0.3 is 0 Å². The minimum absolute atomic E-state index is 0.131. The number of para-hydroxylation sites is 3. The number of piperazine rings is 1. The first-order chi connectivity index (χ1) is 15.0. The molecule has 0 aliphatic carbocycles. The van der Waals surface area contributed by atoms with E-state index < -0.39 is 10.0 Å². The number of rotatable bonds is 7. The minimum atomic E-state index is -3.43. The predicted molar refractivity (Wildman–Crippen MR) is 120 cm³/mol. The van der Waals surface area contributed by atoms with Crippen LogP contribution in [0.2, 0.25) is 0 Å². The van der Waals surface area contributed by atoms with Crippen molar-refractivity contribution in [3.05, 3.63) is 72.1 Å². The van der Waals surface area contributed by atoms with Crippen LogP contribution in [-0.2, 0) is 14.8 Å². The Hall–Kier alpha value is -2.72. The molecule has 1 amide bonds. The molecule has 162 valence electrons. The molecule has 2 N–H and O–H groups in total. The van der Waals surface area contributed by atoms with E-state index in [9.17, 15) is 13.2 Å². The Morgan fingerprint density at radius 2 is 1.71 bits per heavy atom. The molecule has 0 bridgehead atoms. The molecule has 1 aromatic heterocycles. The van der Waals surface area contributed by atoms with Gasteiger partial charge in [-0.1, -0.05) is 36.4 Å². The molecular weight excluding hydrogens is 434 g/mol.